The molecule has 1 fully saturated rings. The van der Waals surface area contributed by atoms with Crippen molar-refractivity contribution in [2.45, 2.75) is 6.92 Å². The first-order valence-corrected chi connectivity index (χ1v) is 5.45. The van der Waals surface area contributed by atoms with Gasteiger partial charge in [-0.15, -0.1) is 0 Å². The van der Waals surface area contributed by atoms with Gasteiger partial charge in [-0.3, -0.25) is 19.9 Å². The summed E-state index contributed by atoms with van der Waals surface area (Å²) in [5, 5.41) is 5.40. The van der Waals surface area contributed by atoms with E-state index in [1.165, 1.54) is 0 Å². The fourth-order valence-corrected chi connectivity index (χ4v) is 1.72. The summed E-state index contributed by atoms with van der Waals surface area (Å²) in [5.41, 5.74) is 1.65. The summed E-state index contributed by atoms with van der Waals surface area (Å²) in [6.45, 7) is 3.15. The van der Waals surface area contributed by atoms with Gasteiger partial charge in [-0.2, -0.15) is 0 Å². The predicted molar refractivity (Wildman–Crippen MR) is 63.8 cm³/mol. The smallest absolute Gasteiger partial charge is 0.246 e. The normalized spacial score (nSPS) is 15.7. The lowest BCUT2D eigenvalue weighted by Crippen LogP contribution is -2.51. The van der Waals surface area contributed by atoms with E-state index in [0.717, 1.165) is 17.9 Å². The van der Waals surface area contributed by atoms with Gasteiger partial charge in [0, 0.05) is 6.54 Å². The molecule has 0 aromatic carbocycles. The molecular formula is C11H14N4O2. The lowest BCUT2D eigenvalue weighted by atomic mass is 10.2. The van der Waals surface area contributed by atoms with Crippen LogP contribution < -0.4 is 15.5 Å². The molecule has 1 saturated heterocycles. The SMILES string of the molecule is CCNc1cncc(N2CC(=O)NC(=O)C2)c1. The van der Waals surface area contributed by atoms with Crippen molar-refractivity contribution in [2.24, 2.45) is 0 Å². The van der Waals surface area contributed by atoms with E-state index in [1.54, 1.807) is 17.3 Å². The van der Waals surface area contributed by atoms with Crippen molar-refractivity contribution in [3.05, 3.63) is 18.5 Å². The van der Waals surface area contributed by atoms with Crippen LogP contribution >= 0.6 is 0 Å². The first-order chi connectivity index (χ1) is 8.19. The average molecular weight is 234 g/mol. The minimum absolute atomic E-state index is 0.184. The molecule has 17 heavy (non-hydrogen) atoms. The minimum atomic E-state index is -0.282. The van der Waals surface area contributed by atoms with Gasteiger partial charge in [0.1, 0.15) is 0 Å². The van der Waals surface area contributed by atoms with Crippen molar-refractivity contribution in [2.75, 3.05) is 29.9 Å². The molecule has 2 N–H and O–H groups in total. The molecule has 1 aromatic rings. The number of aromatic nitrogens is 1. The minimum Gasteiger partial charge on any atom is -0.384 e. The molecule has 0 radical (unpaired) electrons. The Labute approximate surface area is 99.0 Å². The second-order valence-corrected chi connectivity index (χ2v) is 3.79. The van der Waals surface area contributed by atoms with Crippen molar-refractivity contribution < 1.29 is 9.59 Å². The van der Waals surface area contributed by atoms with E-state index in [4.69, 9.17) is 0 Å². The summed E-state index contributed by atoms with van der Waals surface area (Å²) in [6, 6.07) is 1.88. The maximum atomic E-state index is 11.3. The zero-order valence-corrected chi connectivity index (χ0v) is 9.56. The van der Waals surface area contributed by atoms with E-state index in [2.05, 4.69) is 15.6 Å². The largest absolute Gasteiger partial charge is 0.384 e. The standard InChI is InChI=1S/C11H14N4O2/c1-2-13-8-3-9(5-12-4-8)15-6-10(16)14-11(17)7-15/h3-5,13H,2,6-7H2,1H3,(H,14,16,17). The van der Waals surface area contributed by atoms with E-state index < -0.39 is 0 Å². The van der Waals surface area contributed by atoms with E-state index >= 15 is 0 Å². The second-order valence-electron chi connectivity index (χ2n) is 3.79. The number of carbonyl (C=O) groups excluding carboxylic acids is 2. The molecule has 2 amide bonds. The van der Waals surface area contributed by atoms with Crippen LogP contribution in [0.25, 0.3) is 0 Å². The number of pyridine rings is 1. The highest BCUT2D eigenvalue weighted by Crippen LogP contribution is 2.18. The van der Waals surface area contributed by atoms with Gasteiger partial charge in [-0.05, 0) is 13.0 Å². The van der Waals surface area contributed by atoms with Gasteiger partial charge in [0.15, 0.2) is 0 Å². The highest BCUT2D eigenvalue weighted by atomic mass is 16.2. The van der Waals surface area contributed by atoms with Crippen molar-refractivity contribution in [1.29, 1.82) is 0 Å². The van der Waals surface area contributed by atoms with E-state index in [-0.39, 0.29) is 24.9 Å². The molecule has 0 unspecified atom stereocenters. The zero-order valence-electron chi connectivity index (χ0n) is 9.56. The highest BCUT2D eigenvalue weighted by Gasteiger charge is 2.22. The van der Waals surface area contributed by atoms with Crippen LogP contribution in [0.5, 0.6) is 0 Å². The Kier molecular flexibility index (Phi) is 3.22. The number of nitrogens with one attached hydrogen (secondary N) is 2. The number of hydrogen-bond acceptors (Lipinski definition) is 5. The molecule has 2 heterocycles. The van der Waals surface area contributed by atoms with Crippen LogP contribution in [0.1, 0.15) is 6.92 Å². The zero-order chi connectivity index (χ0) is 12.3. The molecule has 0 spiro atoms. The molecule has 2 rings (SSSR count). The Morgan fingerprint density at radius 1 is 1.35 bits per heavy atom. The van der Waals surface area contributed by atoms with Gasteiger partial charge in [0.2, 0.25) is 11.8 Å². The van der Waals surface area contributed by atoms with Crippen LogP contribution in [0, 0.1) is 0 Å². The van der Waals surface area contributed by atoms with Crippen LogP contribution in [0.4, 0.5) is 11.4 Å². The van der Waals surface area contributed by atoms with Gasteiger partial charge in [0.05, 0.1) is 36.9 Å². The first-order valence-electron chi connectivity index (χ1n) is 5.45. The van der Waals surface area contributed by atoms with Gasteiger partial charge >= 0.3 is 0 Å². The van der Waals surface area contributed by atoms with Gasteiger partial charge < -0.3 is 10.2 Å². The summed E-state index contributed by atoms with van der Waals surface area (Å²) in [5.74, 6) is -0.565. The number of carbonyl (C=O) groups is 2. The maximum absolute atomic E-state index is 11.3. The van der Waals surface area contributed by atoms with Crippen LogP contribution in [-0.2, 0) is 9.59 Å². The number of amides is 2. The van der Waals surface area contributed by atoms with Crippen molar-refractivity contribution >= 4 is 23.2 Å². The third-order valence-corrected chi connectivity index (χ3v) is 2.42. The Bertz CT molecular complexity index is 431. The van der Waals surface area contributed by atoms with Gasteiger partial charge in [-0.1, -0.05) is 0 Å². The molecule has 0 aliphatic carbocycles. The molecular weight excluding hydrogens is 220 g/mol. The molecule has 90 valence electrons. The molecule has 6 heteroatoms. The van der Waals surface area contributed by atoms with Crippen molar-refractivity contribution in [3.63, 3.8) is 0 Å². The Morgan fingerprint density at radius 3 is 2.71 bits per heavy atom. The number of nitrogens with zero attached hydrogens (tertiary/aromatic N) is 2. The quantitative estimate of drug-likeness (QED) is 0.719. The summed E-state index contributed by atoms with van der Waals surface area (Å²) in [6.07, 6.45) is 3.35. The summed E-state index contributed by atoms with van der Waals surface area (Å²) < 4.78 is 0. The summed E-state index contributed by atoms with van der Waals surface area (Å²) in [4.78, 5) is 28.3. The number of hydrogen-bond donors (Lipinski definition) is 2. The monoisotopic (exact) mass is 234 g/mol. The molecule has 0 saturated carbocycles. The third-order valence-electron chi connectivity index (χ3n) is 2.42. The fraction of sp³-hybridized carbons (Fsp3) is 0.364. The van der Waals surface area contributed by atoms with E-state index in [0.29, 0.717) is 0 Å². The van der Waals surface area contributed by atoms with Gasteiger partial charge in [0.25, 0.3) is 0 Å². The lowest BCUT2D eigenvalue weighted by molar-refractivity contribution is -0.130. The number of piperazine rings is 1. The maximum Gasteiger partial charge on any atom is 0.246 e. The van der Waals surface area contributed by atoms with Gasteiger partial charge in [-0.25, -0.2) is 0 Å². The van der Waals surface area contributed by atoms with E-state index in [9.17, 15) is 9.59 Å². The van der Waals surface area contributed by atoms with Crippen LogP contribution in [0.15, 0.2) is 18.5 Å². The Hall–Kier alpha value is -2.11. The topological polar surface area (TPSA) is 74.3 Å². The summed E-state index contributed by atoms with van der Waals surface area (Å²) in [7, 11) is 0. The molecule has 0 atom stereocenters. The second kappa shape index (κ2) is 4.82. The molecule has 1 aromatic heterocycles. The van der Waals surface area contributed by atoms with Crippen LogP contribution in [0.3, 0.4) is 0 Å². The van der Waals surface area contributed by atoms with Crippen molar-refractivity contribution in [1.82, 2.24) is 10.3 Å². The number of imide groups is 1. The highest BCUT2D eigenvalue weighted by molar-refractivity contribution is 6.02. The molecule has 1 aliphatic heterocycles. The average Bonchev–Trinajstić information content (AvgIpc) is 2.28. The third kappa shape index (κ3) is 2.72. The number of rotatable bonds is 3. The van der Waals surface area contributed by atoms with Crippen LogP contribution in [-0.4, -0.2) is 36.4 Å². The number of anilines is 2. The first kappa shape index (κ1) is 11.4. The molecule has 6 nitrogen and oxygen atoms in total. The fourth-order valence-electron chi connectivity index (χ4n) is 1.72. The lowest BCUT2D eigenvalue weighted by Gasteiger charge is -2.27. The predicted octanol–water partition coefficient (Wildman–Crippen LogP) is -0.0238. The van der Waals surface area contributed by atoms with Crippen molar-refractivity contribution in [3.8, 4) is 0 Å². The summed E-state index contributed by atoms with van der Waals surface area (Å²) >= 11 is 0. The Morgan fingerprint density at radius 2 is 2.06 bits per heavy atom. The van der Waals surface area contributed by atoms with E-state index in [1.807, 2.05) is 13.0 Å². The molecule has 0 bridgehead atoms. The molecule has 1 aliphatic rings. The Balaban J connectivity index is 2.18. The van der Waals surface area contributed by atoms with Crippen LogP contribution in [0.2, 0.25) is 0 Å².